The highest BCUT2D eigenvalue weighted by Crippen LogP contribution is 2.16. The van der Waals surface area contributed by atoms with Crippen molar-refractivity contribution in [1.82, 2.24) is 15.5 Å². The number of nitrogens with zero attached hydrogens (tertiary/aromatic N) is 1. The number of carbonyl (C=O) groups is 1. The Morgan fingerprint density at radius 2 is 2.18 bits per heavy atom. The van der Waals surface area contributed by atoms with E-state index in [1.165, 1.54) is 0 Å². The van der Waals surface area contributed by atoms with Gasteiger partial charge in [0.15, 0.2) is 0 Å². The van der Waals surface area contributed by atoms with Gasteiger partial charge in [-0.1, -0.05) is 20.8 Å². The van der Waals surface area contributed by atoms with E-state index in [4.69, 9.17) is 0 Å². The minimum absolute atomic E-state index is 0.156. The Morgan fingerprint density at radius 1 is 1.47 bits per heavy atom. The largest absolute Gasteiger partial charge is 0.355 e. The van der Waals surface area contributed by atoms with Gasteiger partial charge in [-0.3, -0.25) is 9.69 Å². The standard InChI is InChI=1S/C13H27N3O/c1-11-9-14-7-8-16(11)10-12(17)15-6-5-13(2,3)4/h11,14H,5-10H2,1-4H3,(H,15,17)/t11-/m0/s1. The molecule has 0 aromatic carbocycles. The fourth-order valence-electron chi connectivity index (χ4n) is 1.94. The number of nitrogens with one attached hydrogen (secondary N) is 2. The van der Waals surface area contributed by atoms with Crippen LogP contribution in [0.4, 0.5) is 0 Å². The van der Waals surface area contributed by atoms with Gasteiger partial charge in [0.25, 0.3) is 0 Å². The van der Waals surface area contributed by atoms with Gasteiger partial charge in [0, 0.05) is 32.2 Å². The van der Waals surface area contributed by atoms with Crippen molar-refractivity contribution in [1.29, 1.82) is 0 Å². The van der Waals surface area contributed by atoms with Gasteiger partial charge in [0.05, 0.1) is 6.54 Å². The third-order valence-electron chi connectivity index (χ3n) is 3.18. The molecule has 0 aromatic rings. The molecule has 0 bridgehead atoms. The van der Waals surface area contributed by atoms with E-state index in [2.05, 4.69) is 43.2 Å². The Morgan fingerprint density at radius 3 is 2.76 bits per heavy atom. The lowest BCUT2D eigenvalue weighted by molar-refractivity contribution is -0.123. The molecule has 0 saturated carbocycles. The molecule has 1 aliphatic heterocycles. The monoisotopic (exact) mass is 241 g/mol. The maximum Gasteiger partial charge on any atom is 0.234 e. The van der Waals surface area contributed by atoms with Crippen molar-refractivity contribution in [2.45, 2.75) is 40.2 Å². The molecule has 1 saturated heterocycles. The van der Waals surface area contributed by atoms with E-state index in [1.807, 2.05) is 0 Å². The van der Waals surface area contributed by atoms with Crippen molar-refractivity contribution in [3.63, 3.8) is 0 Å². The molecular formula is C13H27N3O. The van der Waals surface area contributed by atoms with E-state index < -0.39 is 0 Å². The second kappa shape index (κ2) is 6.36. The Hall–Kier alpha value is -0.610. The molecule has 0 unspecified atom stereocenters. The number of hydrogen-bond donors (Lipinski definition) is 2. The van der Waals surface area contributed by atoms with Gasteiger partial charge in [0.1, 0.15) is 0 Å². The first-order valence-electron chi connectivity index (χ1n) is 6.60. The predicted molar refractivity (Wildman–Crippen MR) is 71.0 cm³/mol. The molecule has 0 spiro atoms. The molecule has 1 atom stereocenters. The lowest BCUT2D eigenvalue weighted by Gasteiger charge is -2.33. The van der Waals surface area contributed by atoms with Crippen LogP contribution in [0.1, 0.15) is 34.1 Å². The van der Waals surface area contributed by atoms with Crippen molar-refractivity contribution >= 4 is 5.91 Å². The number of amides is 1. The van der Waals surface area contributed by atoms with Gasteiger partial charge in [-0.2, -0.15) is 0 Å². The molecule has 2 N–H and O–H groups in total. The van der Waals surface area contributed by atoms with Crippen LogP contribution in [-0.2, 0) is 4.79 Å². The quantitative estimate of drug-likeness (QED) is 0.766. The molecular weight excluding hydrogens is 214 g/mol. The zero-order valence-corrected chi connectivity index (χ0v) is 11.7. The minimum Gasteiger partial charge on any atom is -0.355 e. The highest BCUT2D eigenvalue weighted by atomic mass is 16.2. The van der Waals surface area contributed by atoms with Crippen molar-refractivity contribution in [3.8, 4) is 0 Å². The predicted octanol–water partition coefficient (Wildman–Crippen LogP) is 0.833. The topological polar surface area (TPSA) is 44.4 Å². The number of carbonyl (C=O) groups excluding carboxylic acids is 1. The molecule has 4 nitrogen and oxygen atoms in total. The summed E-state index contributed by atoms with van der Waals surface area (Å²) in [7, 11) is 0. The van der Waals surface area contributed by atoms with Crippen LogP contribution in [-0.4, -0.2) is 49.6 Å². The lowest BCUT2D eigenvalue weighted by Crippen LogP contribution is -2.52. The van der Waals surface area contributed by atoms with Crippen LogP contribution >= 0.6 is 0 Å². The summed E-state index contributed by atoms with van der Waals surface area (Å²) < 4.78 is 0. The maximum atomic E-state index is 11.8. The molecule has 100 valence electrons. The van der Waals surface area contributed by atoms with E-state index in [0.29, 0.717) is 12.6 Å². The van der Waals surface area contributed by atoms with E-state index in [1.54, 1.807) is 0 Å². The van der Waals surface area contributed by atoms with Crippen molar-refractivity contribution in [2.24, 2.45) is 5.41 Å². The summed E-state index contributed by atoms with van der Waals surface area (Å²) in [5.74, 6) is 0.156. The molecule has 1 aliphatic rings. The molecule has 0 radical (unpaired) electrons. The third kappa shape index (κ3) is 6.03. The average Bonchev–Trinajstić information content (AvgIpc) is 2.19. The number of hydrogen-bond acceptors (Lipinski definition) is 3. The second-order valence-electron chi connectivity index (χ2n) is 6.18. The number of piperazine rings is 1. The van der Waals surface area contributed by atoms with E-state index in [-0.39, 0.29) is 11.3 Å². The fraction of sp³-hybridized carbons (Fsp3) is 0.923. The zero-order valence-electron chi connectivity index (χ0n) is 11.7. The van der Waals surface area contributed by atoms with Crippen LogP contribution < -0.4 is 10.6 Å². The highest BCUT2D eigenvalue weighted by molar-refractivity contribution is 5.78. The highest BCUT2D eigenvalue weighted by Gasteiger charge is 2.20. The summed E-state index contributed by atoms with van der Waals surface area (Å²) in [5, 5.41) is 6.33. The summed E-state index contributed by atoms with van der Waals surface area (Å²) in [6.07, 6.45) is 1.02. The first-order valence-corrected chi connectivity index (χ1v) is 6.60. The Labute approximate surface area is 105 Å². The third-order valence-corrected chi connectivity index (χ3v) is 3.18. The molecule has 17 heavy (non-hydrogen) atoms. The van der Waals surface area contributed by atoms with Crippen LogP contribution in [0, 0.1) is 5.41 Å². The lowest BCUT2D eigenvalue weighted by atomic mass is 9.92. The Kier molecular flexibility index (Phi) is 5.40. The normalized spacial score (nSPS) is 22.5. The molecule has 1 rings (SSSR count). The summed E-state index contributed by atoms with van der Waals surface area (Å²) in [4.78, 5) is 14.0. The SMILES string of the molecule is C[C@H]1CNCCN1CC(=O)NCCC(C)(C)C. The van der Waals surface area contributed by atoms with E-state index >= 15 is 0 Å². The Balaban J connectivity index is 2.20. The molecule has 0 aromatic heterocycles. The minimum atomic E-state index is 0.156. The molecule has 4 heteroatoms. The summed E-state index contributed by atoms with van der Waals surface area (Å²) >= 11 is 0. The van der Waals surface area contributed by atoms with Crippen molar-refractivity contribution < 1.29 is 4.79 Å². The van der Waals surface area contributed by atoms with Gasteiger partial charge in [-0.15, -0.1) is 0 Å². The molecule has 0 aliphatic carbocycles. The first-order chi connectivity index (χ1) is 7.88. The van der Waals surface area contributed by atoms with Crippen LogP contribution in [0.3, 0.4) is 0 Å². The van der Waals surface area contributed by atoms with Crippen LogP contribution in [0.15, 0.2) is 0 Å². The van der Waals surface area contributed by atoms with Gasteiger partial charge in [-0.25, -0.2) is 0 Å². The summed E-state index contributed by atoms with van der Waals surface area (Å²) in [6.45, 7) is 13.0. The molecule has 1 amide bonds. The van der Waals surface area contributed by atoms with Crippen molar-refractivity contribution in [3.05, 3.63) is 0 Å². The fourth-order valence-corrected chi connectivity index (χ4v) is 1.94. The Bertz CT molecular complexity index is 248. The molecule has 1 heterocycles. The van der Waals surface area contributed by atoms with Gasteiger partial charge in [-0.05, 0) is 18.8 Å². The number of rotatable bonds is 4. The van der Waals surface area contributed by atoms with E-state index in [0.717, 1.165) is 32.6 Å². The maximum absolute atomic E-state index is 11.8. The van der Waals surface area contributed by atoms with Gasteiger partial charge in [0.2, 0.25) is 5.91 Å². The first kappa shape index (κ1) is 14.5. The van der Waals surface area contributed by atoms with Crippen LogP contribution in [0.2, 0.25) is 0 Å². The second-order valence-corrected chi connectivity index (χ2v) is 6.18. The smallest absolute Gasteiger partial charge is 0.234 e. The zero-order chi connectivity index (χ0) is 12.9. The van der Waals surface area contributed by atoms with Crippen LogP contribution in [0.5, 0.6) is 0 Å². The van der Waals surface area contributed by atoms with Crippen molar-refractivity contribution in [2.75, 3.05) is 32.7 Å². The van der Waals surface area contributed by atoms with E-state index in [9.17, 15) is 4.79 Å². The average molecular weight is 241 g/mol. The summed E-state index contributed by atoms with van der Waals surface area (Å²) in [6, 6.07) is 0.456. The summed E-state index contributed by atoms with van der Waals surface area (Å²) in [5.41, 5.74) is 0.287. The van der Waals surface area contributed by atoms with Gasteiger partial charge < -0.3 is 10.6 Å². The molecule has 1 fully saturated rings. The van der Waals surface area contributed by atoms with Crippen LogP contribution in [0.25, 0.3) is 0 Å². The van der Waals surface area contributed by atoms with Gasteiger partial charge >= 0.3 is 0 Å².